The number of aryl methyl sites for hydroxylation is 1. The fraction of sp³-hybridized carbons (Fsp3) is 0.200. The van der Waals surface area contributed by atoms with Crippen LogP contribution in [0.3, 0.4) is 0 Å². The first-order valence-corrected chi connectivity index (χ1v) is 8.32. The van der Waals surface area contributed by atoms with Gasteiger partial charge in [0.1, 0.15) is 4.70 Å². The molecule has 0 atom stereocenters. The number of hydrogen-bond acceptors (Lipinski definition) is 4. The van der Waals surface area contributed by atoms with Crippen LogP contribution >= 0.6 is 23.1 Å². The number of benzene rings is 1. The Labute approximate surface area is 125 Å². The quantitative estimate of drug-likeness (QED) is 0.535. The summed E-state index contributed by atoms with van der Waals surface area (Å²) in [4.78, 5) is 17.0. The smallest absolute Gasteiger partial charge is 0.271 e. The summed E-state index contributed by atoms with van der Waals surface area (Å²) in [7, 11) is 1.77. The Morgan fingerprint density at radius 1 is 1.25 bits per heavy atom. The molecule has 0 saturated carbocycles. The van der Waals surface area contributed by atoms with Crippen LogP contribution in [0.1, 0.15) is 5.56 Å². The highest BCUT2D eigenvalue weighted by molar-refractivity contribution is 7.98. The summed E-state index contributed by atoms with van der Waals surface area (Å²) in [6, 6.07) is 8.19. The Morgan fingerprint density at radius 2 is 2.00 bits per heavy atom. The molecule has 0 spiro atoms. The lowest BCUT2D eigenvalue weighted by Gasteiger charge is -2.07. The van der Waals surface area contributed by atoms with Gasteiger partial charge in [-0.25, -0.2) is 4.98 Å². The van der Waals surface area contributed by atoms with Crippen molar-refractivity contribution < 1.29 is 0 Å². The fourth-order valence-electron chi connectivity index (χ4n) is 2.27. The molecule has 2 aromatic heterocycles. The van der Waals surface area contributed by atoms with E-state index in [2.05, 4.69) is 24.0 Å². The van der Waals surface area contributed by atoms with Crippen LogP contribution in [0.2, 0.25) is 0 Å². The maximum absolute atomic E-state index is 12.4. The van der Waals surface area contributed by atoms with Gasteiger partial charge in [-0.2, -0.15) is 0 Å². The molecule has 0 unspecified atom stereocenters. The van der Waals surface area contributed by atoms with Gasteiger partial charge in [0.15, 0.2) is 5.16 Å². The van der Waals surface area contributed by atoms with E-state index in [1.165, 1.54) is 28.7 Å². The van der Waals surface area contributed by atoms with Crippen LogP contribution in [0.5, 0.6) is 0 Å². The van der Waals surface area contributed by atoms with Crippen LogP contribution in [0, 0.1) is 6.92 Å². The first kappa shape index (κ1) is 13.4. The SMILES string of the molecule is CSc1nc2c(-c3ccccc3C)csc2c(=O)n1C. The molecule has 0 aliphatic rings. The van der Waals surface area contributed by atoms with Crippen LogP contribution < -0.4 is 5.56 Å². The lowest BCUT2D eigenvalue weighted by Crippen LogP contribution is -2.18. The van der Waals surface area contributed by atoms with Gasteiger partial charge in [0.05, 0.1) is 5.52 Å². The Balaban J connectivity index is 2.37. The van der Waals surface area contributed by atoms with Gasteiger partial charge in [-0.05, 0) is 24.3 Å². The highest BCUT2D eigenvalue weighted by Crippen LogP contribution is 2.33. The molecule has 5 heteroatoms. The lowest BCUT2D eigenvalue weighted by molar-refractivity contribution is 0.729. The summed E-state index contributed by atoms with van der Waals surface area (Å²) in [6.45, 7) is 2.08. The zero-order chi connectivity index (χ0) is 14.3. The molecule has 0 N–H and O–H groups in total. The largest absolute Gasteiger partial charge is 0.290 e. The molecule has 3 aromatic rings. The summed E-state index contributed by atoms with van der Waals surface area (Å²) in [6.07, 6.45) is 1.94. The van der Waals surface area contributed by atoms with Crippen molar-refractivity contribution >= 4 is 33.3 Å². The minimum Gasteiger partial charge on any atom is -0.290 e. The monoisotopic (exact) mass is 302 g/mol. The summed E-state index contributed by atoms with van der Waals surface area (Å²) < 4.78 is 2.34. The van der Waals surface area contributed by atoms with Gasteiger partial charge in [-0.1, -0.05) is 36.0 Å². The van der Waals surface area contributed by atoms with Crippen LogP contribution in [-0.2, 0) is 7.05 Å². The normalized spacial score (nSPS) is 11.2. The van der Waals surface area contributed by atoms with E-state index in [1.807, 2.05) is 23.8 Å². The second-order valence-electron chi connectivity index (χ2n) is 4.60. The van der Waals surface area contributed by atoms with Crippen molar-refractivity contribution in [1.82, 2.24) is 9.55 Å². The van der Waals surface area contributed by atoms with Crippen LogP contribution in [0.15, 0.2) is 39.6 Å². The van der Waals surface area contributed by atoms with E-state index in [4.69, 9.17) is 0 Å². The summed E-state index contributed by atoms with van der Waals surface area (Å²) in [5.74, 6) is 0. The van der Waals surface area contributed by atoms with E-state index in [9.17, 15) is 4.79 Å². The average Bonchev–Trinajstić information content (AvgIpc) is 2.87. The van der Waals surface area contributed by atoms with E-state index in [-0.39, 0.29) is 5.56 Å². The molecule has 2 heterocycles. The van der Waals surface area contributed by atoms with Gasteiger partial charge in [-0.15, -0.1) is 11.3 Å². The molecule has 0 aliphatic heterocycles. The maximum Gasteiger partial charge on any atom is 0.271 e. The van der Waals surface area contributed by atoms with E-state index < -0.39 is 0 Å². The Morgan fingerprint density at radius 3 is 2.70 bits per heavy atom. The molecule has 1 aromatic carbocycles. The van der Waals surface area contributed by atoms with Crippen LogP contribution in [0.25, 0.3) is 21.3 Å². The topological polar surface area (TPSA) is 34.9 Å². The number of fused-ring (bicyclic) bond motifs is 1. The molecular formula is C15H14N2OS2. The molecule has 0 fully saturated rings. The second-order valence-corrected chi connectivity index (χ2v) is 6.26. The van der Waals surface area contributed by atoms with Crippen molar-refractivity contribution in [1.29, 1.82) is 0 Å². The molecule has 0 amide bonds. The van der Waals surface area contributed by atoms with Crippen molar-refractivity contribution in [3.8, 4) is 11.1 Å². The zero-order valence-electron chi connectivity index (χ0n) is 11.5. The molecular weight excluding hydrogens is 288 g/mol. The molecule has 0 aliphatic carbocycles. The minimum atomic E-state index is 0.0317. The van der Waals surface area contributed by atoms with Crippen molar-refractivity contribution in [2.24, 2.45) is 7.05 Å². The lowest BCUT2D eigenvalue weighted by atomic mass is 10.0. The second kappa shape index (κ2) is 5.07. The number of aromatic nitrogens is 2. The predicted molar refractivity (Wildman–Crippen MR) is 86.8 cm³/mol. The van der Waals surface area contributed by atoms with E-state index >= 15 is 0 Å². The van der Waals surface area contributed by atoms with Crippen LogP contribution in [-0.4, -0.2) is 15.8 Å². The third-order valence-corrected chi connectivity index (χ3v) is 5.06. The van der Waals surface area contributed by atoms with E-state index in [1.54, 1.807) is 11.6 Å². The van der Waals surface area contributed by atoms with Crippen molar-refractivity contribution in [3.63, 3.8) is 0 Å². The Bertz CT molecular complexity index is 849. The summed E-state index contributed by atoms with van der Waals surface area (Å²) in [5.41, 5.74) is 4.24. The standard InChI is InChI=1S/C15H14N2OS2/c1-9-6-4-5-7-10(9)11-8-20-13-12(11)16-15(19-3)17(2)14(13)18/h4-8H,1-3H3. The molecule has 0 radical (unpaired) electrons. The third kappa shape index (κ3) is 1.98. The van der Waals surface area contributed by atoms with Crippen LogP contribution in [0.4, 0.5) is 0 Å². The van der Waals surface area contributed by atoms with Gasteiger partial charge in [0.2, 0.25) is 0 Å². The molecule has 3 rings (SSSR count). The van der Waals surface area contributed by atoms with Crippen molar-refractivity contribution in [3.05, 3.63) is 45.6 Å². The van der Waals surface area contributed by atoms with E-state index in [0.29, 0.717) is 0 Å². The molecule has 3 nitrogen and oxygen atoms in total. The molecule has 102 valence electrons. The molecule has 20 heavy (non-hydrogen) atoms. The Kier molecular flexibility index (Phi) is 3.40. The minimum absolute atomic E-state index is 0.0317. The number of nitrogens with zero attached hydrogens (tertiary/aromatic N) is 2. The summed E-state index contributed by atoms with van der Waals surface area (Å²) >= 11 is 2.96. The number of hydrogen-bond donors (Lipinski definition) is 0. The predicted octanol–water partition coefficient (Wildman–Crippen LogP) is 3.69. The van der Waals surface area contributed by atoms with Gasteiger partial charge in [0.25, 0.3) is 5.56 Å². The molecule has 0 saturated heterocycles. The zero-order valence-corrected chi connectivity index (χ0v) is 13.1. The first-order valence-electron chi connectivity index (χ1n) is 6.21. The number of thiophene rings is 1. The fourth-order valence-corrected chi connectivity index (χ4v) is 3.79. The highest BCUT2D eigenvalue weighted by atomic mass is 32.2. The number of rotatable bonds is 2. The average molecular weight is 302 g/mol. The van der Waals surface area contributed by atoms with Crippen molar-refractivity contribution in [2.75, 3.05) is 6.26 Å². The first-order chi connectivity index (χ1) is 9.63. The molecule has 0 bridgehead atoms. The number of thioether (sulfide) groups is 1. The van der Waals surface area contributed by atoms with Gasteiger partial charge in [0, 0.05) is 18.0 Å². The van der Waals surface area contributed by atoms with Gasteiger partial charge >= 0.3 is 0 Å². The third-order valence-electron chi connectivity index (χ3n) is 3.38. The summed E-state index contributed by atoms with van der Waals surface area (Å²) in [5, 5.41) is 2.78. The maximum atomic E-state index is 12.4. The highest BCUT2D eigenvalue weighted by Gasteiger charge is 2.15. The van der Waals surface area contributed by atoms with Gasteiger partial charge in [-0.3, -0.25) is 9.36 Å². The Hall–Kier alpha value is -1.59. The van der Waals surface area contributed by atoms with Crippen molar-refractivity contribution in [2.45, 2.75) is 12.1 Å². The van der Waals surface area contributed by atoms with E-state index in [0.717, 1.165) is 26.5 Å². The van der Waals surface area contributed by atoms with Gasteiger partial charge < -0.3 is 0 Å².